The molecule has 0 aliphatic heterocycles. The van der Waals surface area contributed by atoms with Crippen LogP contribution in [-0.2, 0) is 9.47 Å². The number of hydrogen-bond donors (Lipinski definition) is 1. The van der Waals surface area contributed by atoms with E-state index in [2.05, 4.69) is 32.0 Å². The molecule has 0 radical (unpaired) electrons. The molecule has 34 heavy (non-hydrogen) atoms. The Morgan fingerprint density at radius 1 is 0.706 bits per heavy atom. The second-order valence-corrected chi connectivity index (χ2v) is 9.89. The first-order valence-electron chi connectivity index (χ1n) is 12.0. The molecule has 0 amide bonds. The fourth-order valence-corrected chi connectivity index (χ4v) is 4.82. The highest BCUT2D eigenvalue weighted by atomic mass is 16.6. The monoisotopic (exact) mass is 454 g/mol. The molecule has 0 spiro atoms. The number of carbonyl (C=O) groups is 1. The van der Waals surface area contributed by atoms with Crippen molar-refractivity contribution >= 4 is 49.1 Å². The fourth-order valence-electron chi connectivity index (χ4n) is 4.82. The molecule has 0 fully saturated rings. The molecule has 0 heterocycles. The molecule has 0 saturated carbocycles. The lowest BCUT2D eigenvalue weighted by molar-refractivity contribution is -0.109. The molecule has 5 aromatic rings. The summed E-state index contributed by atoms with van der Waals surface area (Å²) in [5.74, 6) is 0.324. The highest BCUT2D eigenvalue weighted by molar-refractivity contribution is 6.34. The summed E-state index contributed by atoms with van der Waals surface area (Å²) in [5, 5.41) is 19.2. The molecular formula is C30H30O4. The molecule has 0 bridgehead atoms. The van der Waals surface area contributed by atoms with E-state index in [0.29, 0.717) is 24.7 Å². The van der Waals surface area contributed by atoms with Crippen LogP contribution < -0.4 is 0 Å². The fraction of sp³-hybridized carbons (Fsp3) is 0.300. The van der Waals surface area contributed by atoms with Crippen molar-refractivity contribution < 1.29 is 19.4 Å². The molecule has 1 unspecified atom stereocenters. The first-order valence-corrected chi connectivity index (χ1v) is 12.0. The molecule has 5 rings (SSSR count). The molecule has 1 atom stereocenters. The topological polar surface area (TPSA) is 55.8 Å². The summed E-state index contributed by atoms with van der Waals surface area (Å²) in [7, 11) is 0. The SMILES string of the molecule is CC(C)COC(=O)c1ccc2c3cccc4c(C(O)OCC(C)C)ccc(c5cccc1c25)c43. The van der Waals surface area contributed by atoms with Gasteiger partial charge in [-0.2, -0.15) is 0 Å². The third-order valence-corrected chi connectivity index (χ3v) is 6.32. The van der Waals surface area contributed by atoms with Crippen molar-refractivity contribution in [1.29, 1.82) is 0 Å². The van der Waals surface area contributed by atoms with E-state index in [1.54, 1.807) is 0 Å². The summed E-state index contributed by atoms with van der Waals surface area (Å²) < 4.78 is 11.3. The minimum atomic E-state index is -0.984. The van der Waals surface area contributed by atoms with Gasteiger partial charge in [0.25, 0.3) is 0 Å². The van der Waals surface area contributed by atoms with Gasteiger partial charge in [-0.25, -0.2) is 4.79 Å². The first-order chi connectivity index (χ1) is 16.4. The molecule has 174 valence electrons. The van der Waals surface area contributed by atoms with Crippen LogP contribution in [0.1, 0.15) is 49.9 Å². The Balaban J connectivity index is 1.75. The van der Waals surface area contributed by atoms with Crippen LogP contribution in [-0.4, -0.2) is 24.3 Å². The van der Waals surface area contributed by atoms with Gasteiger partial charge >= 0.3 is 5.97 Å². The van der Waals surface area contributed by atoms with Crippen LogP contribution in [0, 0.1) is 11.8 Å². The highest BCUT2D eigenvalue weighted by Crippen LogP contribution is 2.42. The zero-order valence-electron chi connectivity index (χ0n) is 20.1. The second-order valence-electron chi connectivity index (χ2n) is 9.89. The van der Waals surface area contributed by atoms with Crippen LogP contribution in [0.5, 0.6) is 0 Å². The average Bonchev–Trinajstić information content (AvgIpc) is 2.83. The Hall–Kier alpha value is -3.21. The Morgan fingerprint density at radius 3 is 1.88 bits per heavy atom. The minimum absolute atomic E-state index is 0.280. The number of esters is 1. The van der Waals surface area contributed by atoms with Crippen molar-refractivity contribution in [2.75, 3.05) is 13.2 Å². The van der Waals surface area contributed by atoms with Crippen molar-refractivity contribution in [3.8, 4) is 0 Å². The molecule has 4 heteroatoms. The van der Waals surface area contributed by atoms with Crippen LogP contribution in [0.2, 0.25) is 0 Å². The Morgan fingerprint density at radius 2 is 1.24 bits per heavy atom. The Bertz CT molecular complexity index is 1480. The summed E-state index contributed by atoms with van der Waals surface area (Å²) in [6, 6.07) is 20.2. The molecule has 0 saturated heterocycles. The van der Waals surface area contributed by atoms with Crippen LogP contribution in [0.15, 0.2) is 60.7 Å². The van der Waals surface area contributed by atoms with Gasteiger partial charge in [-0.05, 0) is 61.0 Å². The Labute approximate surface area is 199 Å². The lowest BCUT2D eigenvalue weighted by Crippen LogP contribution is -2.10. The van der Waals surface area contributed by atoms with Gasteiger partial charge in [0, 0.05) is 5.56 Å². The van der Waals surface area contributed by atoms with Gasteiger partial charge in [0.15, 0.2) is 6.29 Å². The van der Waals surface area contributed by atoms with E-state index in [0.717, 1.165) is 48.7 Å². The minimum Gasteiger partial charge on any atom is -0.462 e. The summed E-state index contributed by atoms with van der Waals surface area (Å²) in [6.45, 7) is 9.07. The van der Waals surface area contributed by atoms with E-state index in [1.807, 2.05) is 56.3 Å². The number of fused-ring (bicyclic) bond motifs is 2. The van der Waals surface area contributed by atoms with E-state index < -0.39 is 6.29 Å². The maximum Gasteiger partial charge on any atom is 0.338 e. The molecule has 0 aliphatic carbocycles. The quantitative estimate of drug-likeness (QED) is 0.122. The predicted octanol–water partition coefficient (Wildman–Crippen LogP) is 7.21. The van der Waals surface area contributed by atoms with E-state index >= 15 is 0 Å². The van der Waals surface area contributed by atoms with Gasteiger partial charge in [-0.3, -0.25) is 0 Å². The van der Waals surface area contributed by atoms with Crippen LogP contribution in [0.4, 0.5) is 0 Å². The number of benzene rings is 5. The summed E-state index contributed by atoms with van der Waals surface area (Å²) >= 11 is 0. The number of hydrogen-bond acceptors (Lipinski definition) is 4. The third-order valence-electron chi connectivity index (χ3n) is 6.32. The lowest BCUT2D eigenvalue weighted by atomic mass is 9.87. The van der Waals surface area contributed by atoms with Gasteiger partial charge in [-0.15, -0.1) is 0 Å². The number of aliphatic hydroxyl groups excluding tert-OH is 1. The molecule has 1 N–H and O–H groups in total. The number of rotatable bonds is 7. The van der Waals surface area contributed by atoms with E-state index in [4.69, 9.17) is 9.47 Å². The zero-order chi connectivity index (χ0) is 24.0. The van der Waals surface area contributed by atoms with Crippen molar-refractivity contribution in [2.45, 2.75) is 34.0 Å². The largest absolute Gasteiger partial charge is 0.462 e. The third kappa shape index (κ3) is 3.77. The molecule has 4 nitrogen and oxygen atoms in total. The second kappa shape index (κ2) is 8.86. The maximum absolute atomic E-state index is 12.9. The number of ether oxygens (including phenoxy) is 2. The van der Waals surface area contributed by atoms with Gasteiger partial charge < -0.3 is 14.6 Å². The summed E-state index contributed by atoms with van der Waals surface area (Å²) in [6.07, 6.45) is -0.984. The number of aliphatic hydroxyl groups is 1. The zero-order valence-corrected chi connectivity index (χ0v) is 20.1. The van der Waals surface area contributed by atoms with E-state index in [9.17, 15) is 9.90 Å². The maximum atomic E-state index is 12.9. The first kappa shape index (κ1) is 22.6. The van der Waals surface area contributed by atoms with Crippen molar-refractivity contribution in [2.24, 2.45) is 11.8 Å². The summed E-state index contributed by atoms with van der Waals surface area (Å²) in [5.41, 5.74) is 1.36. The van der Waals surface area contributed by atoms with Crippen molar-refractivity contribution in [3.63, 3.8) is 0 Å². The smallest absolute Gasteiger partial charge is 0.338 e. The highest BCUT2D eigenvalue weighted by Gasteiger charge is 2.20. The molecule has 0 aliphatic rings. The number of carbonyl (C=O) groups excluding carboxylic acids is 1. The van der Waals surface area contributed by atoms with E-state index in [-0.39, 0.29) is 11.9 Å². The molecule has 0 aromatic heterocycles. The average molecular weight is 455 g/mol. The van der Waals surface area contributed by atoms with E-state index in [1.165, 1.54) is 0 Å². The van der Waals surface area contributed by atoms with Crippen LogP contribution in [0.25, 0.3) is 43.1 Å². The van der Waals surface area contributed by atoms with Crippen LogP contribution in [0.3, 0.4) is 0 Å². The normalized spacial score (nSPS) is 13.1. The van der Waals surface area contributed by atoms with Gasteiger partial charge in [-0.1, -0.05) is 82.3 Å². The summed E-state index contributed by atoms with van der Waals surface area (Å²) in [4.78, 5) is 12.9. The van der Waals surface area contributed by atoms with Gasteiger partial charge in [0.05, 0.1) is 18.8 Å². The molecule has 5 aromatic carbocycles. The van der Waals surface area contributed by atoms with Gasteiger partial charge in [0.1, 0.15) is 0 Å². The predicted molar refractivity (Wildman–Crippen MR) is 139 cm³/mol. The van der Waals surface area contributed by atoms with Crippen molar-refractivity contribution in [1.82, 2.24) is 0 Å². The standard InChI is InChI=1S/C30H30O4/c1-17(2)15-33-29(31)25-13-11-23-20-8-6-10-22-26(30(32)34-16-18(3)4)14-12-24(28(20)22)19-7-5-9-21(25)27(19)23/h5-14,17-18,29,31H,15-16H2,1-4H3. The van der Waals surface area contributed by atoms with Crippen molar-refractivity contribution in [3.05, 3.63) is 71.8 Å². The Kier molecular flexibility index (Phi) is 5.88. The lowest BCUT2D eigenvalue weighted by Gasteiger charge is -2.20. The van der Waals surface area contributed by atoms with Gasteiger partial charge in [0.2, 0.25) is 0 Å². The molecular weight excluding hydrogens is 424 g/mol. The van der Waals surface area contributed by atoms with Crippen LogP contribution >= 0.6 is 0 Å².